The van der Waals surface area contributed by atoms with Crippen LogP contribution in [0.4, 0.5) is 0 Å². The van der Waals surface area contributed by atoms with E-state index in [0.717, 1.165) is 33.6 Å². The predicted molar refractivity (Wildman–Crippen MR) is 79.6 cm³/mol. The van der Waals surface area contributed by atoms with Gasteiger partial charge in [0.15, 0.2) is 0 Å². The summed E-state index contributed by atoms with van der Waals surface area (Å²) in [7, 11) is 1.65. The highest BCUT2D eigenvalue weighted by Crippen LogP contribution is 2.36. The highest BCUT2D eigenvalue weighted by atomic mass is 16.5. The number of ether oxygens (including phenoxy) is 1. The van der Waals surface area contributed by atoms with Gasteiger partial charge in [0, 0.05) is 5.56 Å². The minimum Gasteiger partial charge on any atom is -0.496 e. The van der Waals surface area contributed by atoms with Gasteiger partial charge in [-0.25, -0.2) is 4.79 Å². The van der Waals surface area contributed by atoms with E-state index in [1.807, 2.05) is 32.9 Å². The smallest absolute Gasteiger partial charge is 0.335 e. The molecule has 0 bridgehead atoms. The summed E-state index contributed by atoms with van der Waals surface area (Å²) in [6.07, 6.45) is 0. The quantitative estimate of drug-likeness (QED) is 0.917. The van der Waals surface area contributed by atoms with Gasteiger partial charge in [-0.3, -0.25) is 0 Å². The van der Waals surface area contributed by atoms with Crippen molar-refractivity contribution >= 4 is 5.97 Å². The lowest BCUT2D eigenvalue weighted by molar-refractivity contribution is 0.0697. The molecule has 20 heavy (non-hydrogen) atoms. The third-order valence-corrected chi connectivity index (χ3v) is 3.41. The number of aryl methyl sites for hydroxylation is 3. The van der Waals surface area contributed by atoms with E-state index in [-0.39, 0.29) is 0 Å². The van der Waals surface area contributed by atoms with Crippen LogP contribution >= 0.6 is 0 Å². The van der Waals surface area contributed by atoms with Crippen LogP contribution in [0, 0.1) is 20.8 Å². The molecule has 0 aliphatic carbocycles. The third kappa shape index (κ3) is 2.52. The molecule has 0 saturated heterocycles. The molecule has 0 spiro atoms. The molecule has 0 heterocycles. The highest BCUT2D eigenvalue weighted by Gasteiger charge is 2.14. The summed E-state index contributed by atoms with van der Waals surface area (Å²) in [6, 6.07) is 9.26. The Hall–Kier alpha value is -2.29. The van der Waals surface area contributed by atoms with Crippen LogP contribution in [0.1, 0.15) is 27.0 Å². The van der Waals surface area contributed by atoms with Crippen molar-refractivity contribution in [2.24, 2.45) is 0 Å². The molecule has 3 nitrogen and oxygen atoms in total. The second-order valence-corrected chi connectivity index (χ2v) is 4.99. The molecule has 0 radical (unpaired) electrons. The minimum atomic E-state index is -0.910. The van der Waals surface area contributed by atoms with Crippen LogP contribution in [0.3, 0.4) is 0 Å². The van der Waals surface area contributed by atoms with Gasteiger partial charge in [-0.05, 0) is 61.2 Å². The van der Waals surface area contributed by atoms with E-state index in [9.17, 15) is 4.79 Å². The number of carboxylic acid groups (broad SMARTS) is 1. The maximum absolute atomic E-state index is 11.0. The normalized spacial score (nSPS) is 10.4. The molecule has 2 aromatic rings. The summed E-state index contributed by atoms with van der Waals surface area (Å²) < 4.78 is 5.48. The van der Waals surface area contributed by atoms with Crippen LogP contribution in [-0.2, 0) is 0 Å². The predicted octanol–water partition coefficient (Wildman–Crippen LogP) is 3.99. The average molecular weight is 270 g/mol. The van der Waals surface area contributed by atoms with Crippen LogP contribution in [0.2, 0.25) is 0 Å². The van der Waals surface area contributed by atoms with E-state index in [1.54, 1.807) is 19.2 Å². The Kier molecular flexibility index (Phi) is 3.79. The van der Waals surface area contributed by atoms with Gasteiger partial charge in [-0.2, -0.15) is 0 Å². The number of hydrogen-bond donors (Lipinski definition) is 1. The number of methoxy groups -OCH3 is 1. The maximum atomic E-state index is 11.0. The Morgan fingerprint density at radius 3 is 2.30 bits per heavy atom. The molecule has 104 valence electrons. The Morgan fingerprint density at radius 1 is 1.05 bits per heavy atom. The van der Waals surface area contributed by atoms with Crippen molar-refractivity contribution in [1.29, 1.82) is 0 Å². The van der Waals surface area contributed by atoms with Gasteiger partial charge in [-0.15, -0.1) is 0 Å². The van der Waals surface area contributed by atoms with Crippen LogP contribution in [0.5, 0.6) is 5.75 Å². The molecular weight excluding hydrogens is 252 g/mol. The van der Waals surface area contributed by atoms with Crippen molar-refractivity contribution in [2.75, 3.05) is 7.11 Å². The average Bonchev–Trinajstić information content (AvgIpc) is 2.38. The zero-order valence-corrected chi connectivity index (χ0v) is 12.2. The van der Waals surface area contributed by atoms with Crippen molar-refractivity contribution in [3.8, 4) is 16.9 Å². The summed E-state index contributed by atoms with van der Waals surface area (Å²) in [5, 5.41) is 9.04. The molecule has 0 aliphatic heterocycles. The lowest BCUT2D eigenvalue weighted by Gasteiger charge is -2.15. The molecule has 0 unspecified atom stereocenters. The van der Waals surface area contributed by atoms with Crippen molar-refractivity contribution < 1.29 is 14.6 Å². The van der Waals surface area contributed by atoms with Gasteiger partial charge < -0.3 is 9.84 Å². The molecular formula is C17H18O3. The van der Waals surface area contributed by atoms with Crippen molar-refractivity contribution in [1.82, 2.24) is 0 Å². The molecule has 2 aromatic carbocycles. The number of carbonyl (C=O) groups is 1. The van der Waals surface area contributed by atoms with Gasteiger partial charge >= 0.3 is 5.97 Å². The van der Waals surface area contributed by atoms with E-state index >= 15 is 0 Å². The Bertz CT molecular complexity index is 672. The number of hydrogen-bond acceptors (Lipinski definition) is 2. The molecule has 0 fully saturated rings. The van der Waals surface area contributed by atoms with Crippen LogP contribution in [-0.4, -0.2) is 18.2 Å². The lowest BCUT2D eigenvalue weighted by atomic mass is 9.93. The summed E-state index contributed by atoms with van der Waals surface area (Å²) in [5.74, 6) is -0.0964. The molecule has 0 amide bonds. The molecule has 1 N–H and O–H groups in total. The zero-order chi connectivity index (χ0) is 14.9. The first-order chi connectivity index (χ1) is 9.43. The standard InChI is InChI=1S/C17H18O3/c1-10-7-12(3)16(15(8-10)20-4)14-6-5-13(17(18)19)9-11(14)2/h5-9H,1-4H3,(H,18,19). The van der Waals surface area contributed by atoms with Gasteiger partial charge in [0.05, 0.1) is 12.7 Å². The summed E-state index contributed by atoms with van der Waals surface area (Å²) in [6.45, 7) is 5.98. The number of benzene rings is 2. The molecule has 2 rings (SSSR count). The second-order valence-electron chi connectivity index (χ2n) is 4.99. The molecule has 0 aliphatic rings. The molecule has 0 aromatic heterocycles. The van der Waals surface area contributed by atoms with Crippen molar-refractivity contribution in [3.05, 3.63) is 52.6 Å². The van der Waals surface area contributed by atoms with Gasteiger partial charge in [-0.1, -0.05) is 12.1 Å². The molecule has 3 heteroatoms. The lowest BCUT2D eigenvalue weighted by Crippen LogP contribution is -1.99. The van der Waals surface area contributed by atoms with E-state index in [0.29, 0.717) is 5.56 Å². The van der Waals surface area contributed by atoms with E-state index in [2.05, 4.69) is 6.07 Å². The Labute approximate surface area is 118 Å². The fraction of sp³-hybridized carbons (Fsp3) is 0.235. The Balaban J connectivity index is 2.65. The first-order valence-electron chi connectivity index (χ1n) is 6.43. The summed E-state index contributed by atoms with van der Waals surface area (Å²) in [4.78, 5) is 11.0. The van der Waals surface area contributed by atoms with Gasteiger partial charge in [0.2, 0.25) is 0 Å². The van der Waals surface area contributed by atoms with Crippen molar-refractivity contribution in [3.63, 3.8) is 0 Å². The van der Waals surface area contributed by atoms with E-state index in [1.165, 1.54) is 0 Å². The first-order valence-corrected chi connectivity index (χ1v) is 6.43. The fourth-order valence-electron chi connectivity index (χ4n) is 2.51. The largest absolute Gasteiger partial charge is 0.496 e. The van der Waals surface area contributed by atoms with E-state index < -0.39 is 5.97 Å². The van der Waals surface area contributed by atoms with Gasteiger partial charge in [0.25, 0.3) is 0 Å². The van der Waals surface area contributed by atoms with E-state index in [4.69, 9.17) is 9.84 Å². The van der Waals surface area contributed by atoms with Crippen molar-refractivity contribution in [2.45, 2.75) is 20.8 Å². The summed E-state index contributed by atoms with van der Waals surface area (Å²) >= 11 is 0. The second kappa shape index (κ2) is 5.37. The minimum absolute atomic E-state index is 0.301. The zero-order valence-electron chi connectivity index (χ0n) is 12.2. The van der Waals surface area contributed by atoms with Crippen LogP contribution < -0.4 is 4.74 Å². The fourth-order valence-corrected chi connectivity index (χ4v) is 2.51. The summed E-state index contributed by atoms with van der Waals surface area (Å²) in [5.41, 5.74) is 5.51. The highest BCUT2D eigenvalue weighted by molar-refractivity contribution is 5.89. The first kappa shape index (κ1) is 14.1. The topological polar surface area (TPSA) is 46.5 Å². The monoisotopic (exact) mass is 270 g/mol. The van der Waals surface area contributed by atoms with Crippen LogP contribution in [0.15, 0.2) is 30.3 Å². The maximum Gasteiger partial charge on any atom is 0.335 e. The van der Waals surface area contributed by atoms with Crippen LogP contribution in [0.25, 0.3) is 11.1 Å². The number of rotatable bonds is 3. The Morgan fingerprint density at radius 2 is 1.75 bits per heavy atom. The molecule has 0 atom stereocenters. The molecule has 0 saturated carbocycles. The number of carboxylic acids is 1. The number of aromatic carboxylic acids is 1. The third-order valence-electron chi connectivity index (χ3n) is 3.41. The SMILES string of the molecule is COc1cc(C)cc(C)c1-c1ccc(C(=O)O)cc1C. The van der Waals surface area contributed by atoms with Gasteiger partial charge in [0.1, 0.15) is 5.75 Å².